The van der Waals surface area contributed by atoms with Crippen LogP contribution in [0.2, 0.25) is 0 Å². The van der Waals surface area contributed by atoms with Crippen LogP contribution in [-0.2, 0) is 14.6 Å². The van der Waals surface area contributed by atoms with Gasteiger partial charge in [0.05, 0.1) is 12.3 Å². The van der Waals surface area contributed by atoms with Crippen LogP contribution in [0.5, 0.6) is 0 Å². The number of hydrogen-bond acceptors (Lipinski definition) is 8. The van der Waals surface area contributed by atoms with Crippen LogP contribution >= 0.6 is 0 Å². The Labute approximate surface area is 141 Å². The Kier molecular flexibility index (Phi) is 4.08. The number of sulfone groups is 1. The number of esters is 1. The monoisotopic (exact) mass is 363 g/mol. The molecule has 25 heavy (non-hydrogen) atoms. The number of hydrogen-bond donors (Lipinski definition) is 0. The maximum atomic E-state index is 12.6. The lowest BCUT2D eigenvalue weighted by atomic mass is 10.3. The summed E-state index contributed by atoms with van der Waals surface area (Å²) < 4.78 is 30.4. The summed E-state index contributed by atoms with van der Waals surface area (Å²) >= 11 is 0. The third kappa shape index (κ3) is 2.89. The lowest BCUT2D eigenvalue weighted by Gasteiger charge is -2.03. The standard InChI is InChI=1S/C14H13N5O5S/c1-3-24-13(20)10-11-15-17-18(9-7-5-4-6-8-9)14(21)19(11)16-12(10)25(2,22)23/h4-8H,3H2,1-2H3. The van der Waals surface area contributed by atoms with E-state index < -0.39 is 32.1 Å². The van der Waals surface area contributed by atoms with Crippen LogP contribution in [0.3, 0.4) is 0 Å². The largest absolute Gasteiger partial charge is 0.462 e. The van der Waals surface area contributed by atoms with Crippen LogP contribution in [-0.4, -0.2) is 51.9 Å². The van der Waals surface area contributed by atoms with Gasteiger partial charge in [0.25, 0.3) is 0 Å². The van der Waals surface area contributed by atoms with Crippen molar-refractivity contribution >= 4 is 21.5 Å². The molecule has 0 N–H and O–H groups in total. The van der Waals surface area contributed by atoms with E-state index in [9.17, 15) is 18.0 Å². The highest BCUT2D eigenvalue weighted by molar-refractivity contribution is 7.90. The molecule has 0 saturated carbocycles. The van der Waals surface area contributed by atoms with Gasteiger partial charge in [0.15, 0.2) is 14.9 Å². The number of fused-ring (bicyclic) bond motifs is 1. The Hall–Kier alpha value is -3.08. The third-order valence-electron chi connectivity index (χ3n) is 3.25. The molecule has 0 atom stereocenters. The van der Waals surface area contributed by atoms with Gasteiger partial charge < -0.3 is 4.74 Å². The molecule has 10 nitrogen and oxygen atoms in total. The van der Waals surface area contributed by atoms with Gasteiger partial charge in [-0.3, -0.25) is 0 Å². The molecule has 3 rings (SSSR count). The molecule has 0 unspecified atom stereocenters. The minimum atomic E-state index is -3.90. The van der Waals surface area contributed by atoms with Crippen molar-refractivity contribution in [3.8, 4) is 5.69 Å². The van der Waals surface area contributed by atoms with Crippen LogP contribution in [0.1, 0.15) is 17.3 Å². The third-order valence-corrected chi connectivity index (χ3v) is 4.24. The fraction of sp³-hybridized carbons (Fsp3) is 0.214. The molecule has 0 fully saturated rings. The summed E-state index contributed by atoms with van der Waals surface area (Å²) in [5.74, 6) is -0.941. The molecule has 0 spiro atoms. The smallest absolute Gasteiger partial charge is 0.373 e. The number of ether oxygens (including phenoxy) is 1. The molecule has 0 aliphatic carbocycles. The molecular weight excluding hydrogens is 350 g/mol. The second-order valence-corrected chi connectivity index (χ2v) is 6.96. The predicted octanol–water partition coefficient (Wildman–Crippen LogP) is -0.145. The maximum absolute atomic E-state index is 12.6. The van der Waals surface area contributed by atoms with Crippen LogP contribution in [0.4, 0.5) is 0 Å². The molecule has 3 aromatic rings. The minimum Gasteiger partial charge on any atom is -0.462 e. The van der Waals surface area contributed by atoms with Crippen molar-refractivity contribution in [3.05, 3.63) is 46.4 Å². The fourth-order valence-electron chi connectivity index (χ4n) is 2.20. The molecule has 0 bridgehead atoms. The van der Waals surface area contributed by atoms with Gasteiger partial charge in [-0.2, -0.15) is 9.20 Å². The van der Waals surface area contributed by atoms with E-state index in [2.05, 4.69) is 15.4 Å². The number of aromatic nitrogens is 5. The zero-order chi connectivity index (χ0) is 18.2. The van der Waals surface area contributed by atoms with E-state index in [1.165, 1.54) is 0 Å². The zero-order valence-electron chi connectivity index (χ0n) is 13.3. The van der Waals surface area contributed by atoms with E-state index in [-0.39, 0.29) is 12.3 Å². The molecular formula is C14H13N5O5S. The van der Waals surface area contributed by atoms with Crippen molar-refractivity contribution in [2.24, 2.45) is 0 Å². The molecule has 11 heteroatoms. The van der Waals surface area contributed by atoms with Crippen molar-refractivity contribution in [2.45, 2.75) is 11.9 Å². The highest BCUT2D eigenvalue weighted by Crippen LogP contribution is 2.18. The van der Waals surface area contributed by atoms with Gasteiger partial charge >= 0.3 is 11.7 Å². The SMILES string of the molecule is CCOC(=O)c1c(S(C)(=O)=O)nn2c(=O)n(-c3ccccc3)nnc12. The summed E-state index contributed by atoms with van der Waals surface area (Å²) in [6.07, 6.45) is 0.876. The van der Waals surface area contributed by atoms with Crippen molar-refractivity contribution in [2.75, 3.05) is 12.9 Å². The van der Waals surface area contributed by atoms with Gasteiger partial charge in [-0.25, -0.2) is 18.0 Å². The number of benzene rings is 1. The van der Waals surface area contributed by atoms with Gasteiger partial charge in [-0.15, -0.1) is 10.2 Å². The first kappa shape index (κ1) is 16.8. The summed E-state index contributed by atoms with van der Waals surface area (Å²) in [5, 5.41) is 10.8. The Bertz CT molecular complexity index is 1120. The van der Waals surface area contributed by atoms with E-state index in [0.717, 1.165) is 15.5 Å². The van der Waals surface area contributed by atoms with Crippen LogP contribution < -0.4 is 5.69 Å². The second-order valence-electron chi connectivity index (χ2n) is 5.03. The Morgan fingerprint density at radius 1 is 1.24 bits per heavy atom. The first-order valence-electron chi connectivity index (χ1n) is 7.16. The quantitative estimate of drug-likeness (QED) is 0.586. The van der Waals surface area contributed by atoms with E-state index in [1.54, 1.807) is 37.3 Å². The maximum Gasteiger partial charge on any atom is 0.373 e. The van der Waals surface area contributed by atoms with Crippen molar-refractivity contribution in [1.29, 1.82) is 0 Å². The highest BCUT2D eigenvalue weighted by Gasteiger charge is 2.30. The number of para-hydroxylation sites is 1. The van der Waals surface area contributed by atoms with Gasteiger partial charge in [-0.05, 0) is 19.1 Å². The molecule has 2 aromatic heterocycles. The molecule has 0 radical (unpaired) electrons. The zero-order valence-corrected chi connectivity index (χ0v) is 14.1. The average molecular weight is 363 g/mol. The fourth-order valence-corrected chi connectivity index (χ4v) is 2.98. The summed E-state index contributed by atoms with van der Waals surface area (Å²) in [7, 11) is -3.90. The Morgan fingerprint density at radius 2 is 1.92 bits per heavy atom. The van der Waals surface area contributed by atoms with Crippen molar-refractivity contribution < 1.29 is 17.9 Å². The molecule has 0 aliphatic heterocycles. The summed E-state index contributed by atoms with van der Waals surface area (Å²) in [6.45, 7) is 1.59. The summed E-state index contributed by atoms with van der Waals surface area (Å²) in [6, 6.07) is 8.39. The first-order valence-corrected chi connectivity index (χ1v) is 9.05. The van der Waals surface area contributed by atoms with Gasteiger partial charge in [0.1, 0.15) is 5.56 Å². The van der Waals surface area contributed by atoms with Gasteiger partial charge in [-0.1, -0.05) is 23.4 Å². The van der Waals surface area contributed by atoms with E-state index >= 15 is 0 Å². The van der Waals surface area contributed by atoms with Crippen molar-refractivity contribution in [3.63, 3.8) is 0 Å². The second kappa shape index (κ2) is 6.09. The van der Waals surface area contributed by atoms with Crippen molar-refractivity contribution in [1.82, 2.24) is 24.6 Å². The normalized spacial score (nSPS) is 11.6. The van der Waals surface area contributed by atoms with E-state index in [1.807, 2.05) is 0 Å². The molecule has 130 valence electrons. The molecule has 2 heterocycles. The Balaban J connectivity index is 2.35. The number of carbonyl (C=O) groups excluding carboxylic acids is 1. The lowest BCUT2D eigenvalue weighted by molar-refractivity contribution is 0.0523. The minimum absolute atomic E-state index is 0.0217. The molecule has 0 saturated heterocycles. The Morgan fingerprint density at radius 3 is 2.52 bits per heavy atom. The van der Waals surface area contributed by atoms with Crippen LogP contribution in [0, 0.1) is 0 Å². The first-order chi connectivity index (χ1) is 11.8. The number of carbonyl (C=O) groups is 1. The molecule has 1 aromatic carbocycles. The van der Waals surface area contributed by atoms with Gasteiger partial charge in [0, 0.05) is 6.26 Å². The number of rotatable bonds is 4. The topological polar surface area (TPSA) is 126 Å². The molecule has 0 amide bonds. The van der Waals surface area contributed by atoms with E-state index in [4.69, 9.17) is 4.74 Å². The number of nitrogens with zero attached hydrogens (tertiary/aromatic N) is 5. The average Bonchev–Trinajstić information content (AvgIpc) is 2.97. The van der Waals surface area contributed by atoms with Crippen LogP contribution in [0.15, 0.2) is 40.2 Å². The molecule has 0 aliphatic rings. The highest BCUT2D eigenvalue weighted by atomic mass is 32.2. The summed E-state index contributed by atoms with van der Waals surface area (Å²) in [5.41, 5.74) is -1.04. The lowest BCUT2D eigenvalue weighted by Crippen LogP contribution is -2.29. The van der Waals surface area contributed by atoms with Gasteiger partial charge in [0.2, 0.25) is 5.65 Å². The van der Waals surface area contributed by atoms with E-state index in [0.29, 0.717) is 5.69 Å². The summed E-state index contributed by atoms with van der Waals surface area (Å²) in [4.78, 5) is 24.8. The predicted molar refractivity (Wildman–Crippen MR) is 85.4 cm³/mol. The van der Waals surface area contributed by atoms with Crippen LogP contribution in [0.25, 0.3) is 11.3 Å².